The summed E-state index contributed by atoms with van der Waals surface area (Å²) in [7, 11) is 0. The molecule has 1 amide bonds. The molecule has 1 heterocycles. The lowest BCUT2D eigenvalue weighted by molar-refractivity contribution is -0.121. The third-order valence-corrected chi connectivity index (χ3v) is 3.18. The summed E-state index contributed by atoms with van der Waals surface area (Å²) < 4.78 is 5.75. The van der Waals surface area contributed by atoms with Gasteiger partial charge in [-0.3, -0.25) is 4.79 Å². The summed E-state index contributed by atoms with van der Waals surface area (Å²) in [6.07, 6.45) is 8.10. The Labute approximate surface area is 147 Å². The Morgan fingerprint density at radius 3 is 2.58 bits per heavy atom. The van der Waals surface area contributed by atoms with Crippen LogP contribution in [0.5, 0.6) is 5.75 Å². The first-order valence-electron chi connectivity index (χ1n) is 8.68. The molecule has 0 bridgehead atoms. The zero-order chi connectivity index (χ0) is 18.4. The van der Waals surface area contributed by atoms with E-state index in [2.05, 4.69) is 11.9 Å². The molecule has 3 heteroatoms. The molecular weight excluding hydrogens is 298 g/mol. The number of nitrogens with one attached hydrogen (secondary N) is 1. The molecule has 24 heavy (non-hydrogen) atoms. The summed E-state index contributed by atoms with van der Waals surface area (Å²) in [6, 6.07) is 5.89. The van der Waals surface area contributed by atoms with Crippen LogP contribution in [-0.4, -0.2) is 12.5 Å². The van der Waals surface area contributed by atoms with Crippen molar-refractivity contribution in [3.8, 4) is 5.75 Å². The monoisotopic (exact) mass is 329 g/mol. The fourth-order valence-electron chi connectivity index (χ4n) is 2.02. The second-order valence-electron chi connectivity index (χ2n) is 4.64. The van der Waals surface area contributed by atoms with E-state index < -0.39 is 0 Å². The number of carbonyl (C=O) groups is 1. The number of hydrogen-bond acceptors (Lipinski definition) is 2. The number of amides is 1. The van der Waals surface area contributed by atoms with E-state index in [-0.39, 0.29) is 5.91 Å². The maximum Gasteiger partial charge on any atom is 0.224 e. The van der Waals surface area contributed by atoms with Crippen molar-refractivity contribution in [3.05, 3.63) is 65.8 Å². The third-order valence-electron chi connectivity index (χ3n) is 3.18. The zero-order valence-electron chi connectivity index (χ0n) is 15.7. The van der Waals surface area contributed by atoms with Crippen molar-refractivity contribution in [1.82, 2.24) is 5.32 Å². The molecule has 0 aromatic heterocycles. The molecular formula is C21H31NO2. The third kappa shape index (κ3) is 7.32. The molecule has 1 N–H and O–H groups in total. The molecule has 1 aromatic carbocycles. The van der Waals surface area contributed by atoms with Crippen LogP contribution in [0.1, 0.15) is 45.7 Å². The van der Waals surface area contributed by atoms with Gasteiger partial charge in [-0.2, -0.15) is 0 Å². The highest BCUT2D eigenvalue weighted by Gasteiger charge is 2.15. The summed E-state index contributed by atoms with van der Waals surface area (Å²) in [5.74, 6) is 0.848. The van der Waals surface area contributed by atoms with Gasteiger partial charge in [-0.05, 0) is 35.8 Å². The Bertz CT molecular complexity index is 571. The molecule has 1 aromatic rings. The SMILES string of the molecule is C=C/C(=C\C=C/C)COc1ccc2c(c1)CC(=O)NC2.CC.CC. The van der Waals surface area contributed by atoms with Crippen LogP contribution in [0.15, 0.2) is 54.7 Å². The number of benzene rings is 1. The van der Waals surface area contributed by atoms with Crippen molar-refractivity contribution >= 4 is 5.91 Å². The molecule has 2 rings (SSSR count). The second kappa shape index (κ2) is 13.2. The van der Waals surface area contributed by atoms with Crippen molar-refractivity contribution in [2.75, 3.05) is 6.61 Å². The standard InChI is InChI=1S/C17H19NO2.2C2H6/c1-3-5-6-13(4-2)12-20-16-8-7-14-11-18-17(19)10-15(14)9-16;2*1-2/h3-9H,2,10-12H2,1H3,(H,18,19);2*1-2H3/b5-3-,13-6+;;. The predicted octanol–water partition coefficient (Wildman–Crippen LogP) is 4.98. The molecule has 0 spiro atoms. The average molecular weight is 329 g/mol. The van der Waals surface area contributed by atoms with Crippen LogP contribution in [0.25, 0.3) is 0 Å². The van der Waals surface area contributed by atoms with Gasteiger partial charge in [0.1, 0.15) is 12.4 Å². The molecule has 0 atom stereocenters. The highest BCUT2D eigenvalue weighted by molar-refractivity contribution is 5.80. The summed E-state index contributed by atoms with van der Waals surface area (Å²) >= 11 is 0. The molecule has 0 fully saturated rings. The van der Waals surface area contributed by atoms with Crippen LogP contribution in [0.3, 0.4) is 0 Å². The van der Waals surface area contributed by atoms with E-state index in [9.17, 15) is 4.79 Å². The highest BCUT2D eigenvalue weighted by atomic mass is 16.5. The number of ether oxygens (including phenoxy) is 1. The molecule has 0 aliphatic carbocycles. The Hall–Kier alpha value is -2.29. The van der Waals surface area contributed by atoms with Crippen LogP contribution in [-0.2, 0) is 17.8 Å². The van der Waals surface area contributed by atoms with E-state index in [4.69, 9.17) is 4.74 Å². The molecule has 0 saturated heterocycles. The summed E-state index contributed by atoms with van der Waals surface area (Å²) in [5, 5.41) is 2.83. The number of fused-ring (bicyclic) bond motifs is 1. The molecule has 1 aliphatic rings. The summed E-state index contributed by atoms with van der Waals surface area (Å²) in [4.78, 5) is 11.4. The summed E-state index contributed by atoms with van der Waals surface area (Å²) in [6.45, 7) is 14.8. The minimum Gasteiger partial charge on any atom is -0.489 e. The van der Waals surface area contributed by atoms with Crippen LogP contribution in [0.2, 0.25) is 0 Å². The maximum absolute atomic E-state index is 11.4. The van der Waals surface area contributed by atoms with E-state index in [1.165, 1.54) is 0 Å². The average Bonchev–Trinajstić information content (AvgIpc) is 2.65. The highest BCUT2D eigenvalue weighted by Crippen LogP contribution is 2.21. The smallest absolute Gasteiger partial charge is 0.224 e. The lowest BCUT2D eigenvalue weighted by Gasteiger charge is -2.17. The van der Waals surface area contributed by atoms with Crippen molar-refractivity contribution in [1.29, 1.82) is 0 Å². The largest absolute Gasteiger partial charge is 0.489 e. The van der Waals surface area contributed by atoms with Crippen molar-refractivity contribution < 1.29 is 9.53 Å². The first kappa shape index (κ1) is 21.7. The Kier molecular flexibility index (Phi) is 11.9. The van der Waals surface area contributed by atoms with Gasteiger partial charge in [0.05, 0.1) is 6.42 Å². The van der Waals surface area contributed by atoms with E-state index in [1.54, 1.807) is 6.08 Å². The van der Waals surface area contributed by atoms with E-state index in [1.807, 2.05) is 71.0 Å². The maximum atomic E-state index is 11.4. The molecule has 132 valence electrons. The molecule has 1 aliphatic heterocycles. The van der Waals surface area contributed by atoms with Gasteiger partial charge in [0, 0.05) is 6.54 Å². The molecule has 3 nitrogen and oxygen atoms in total. The zero-order valence-corrected chi connectivity index (χ0v) is 15.7. The van der Waals surface area contributed by atoms with Gasteiger partial charge in [-0.15, -0.1) is 0 Å². The van der Waals surface area contributed by atoms with Crippen molar-refractivity contribution in [2.45, 2.75) is 47.6 Å². The molecule has 0 saturated carbocycles. The minimum absolute atomic E-state index is 0.0643. The van der Waals surface area contributed by atoms with Gasteiger partial charge in [0.15, 0.2) is 0 Å². The summed E-state index contributed by atoms with van der Waals surface area (Å²) in [5.41, 5.74) is 3.22. The quantitative estimate of drug-likeness (QED) is 0.774. The van der Waals surface area contributed by atoms with Crippen molar-refractivity contribution in [3.63, 3.8) is 0 Å². The van der Waals surface area contributed by atoms with Gasteiger partial charge in [0.2, 0.25) is 5.91 Å². The number of carbonyl (C=O) groups excluding carboxylic acids is 1. The predicted molar refractivity (Wildman–Crippen MR) is 103 cm³/mol. The van der Waals surface area contributed by atoms with Gasteiger partial charge in [-0.25, -0.2) is 0 Å². The van der Waals surface area contributed by atoms with Gasteiger partial charge >= 0.3 is 0 Å². The van der Waals surface area contributed by atoms with Crippen LogP contribution < -0.4 is 10.1 Å². The van der Waals surface area contributed by atoms with Crippen LogP contribution in [0.4, 0.5) is 0 Å². The lowest BCUT2D eigenvalue weighted by Crippen LogP contribution is -2.30. The van der Waals surface area contributed by atoms with Gasteiger partial charge in [-0.1, -0.05) is 64.6 Å². The normalized spacial score (nSPS) is 12.9. The Balaban J connectivity index is 0.00000123. The van der Waals surface area contributed by atoms with Gasteiger partial charge < -0.3 is 10.1 Å². The van der Waals surface area contributed by atoms with E-state index >= 15 is 0 Å². The Morgan fingerprint density at radius 2 is 1.96 bits per heavy atom. The van der Waals surface area contributed by atoms with Gasteiger partial charge in [0.25, 0.3) is 0 Å². The first-order valence-corrected chi connectivity index (χ1v) is 8.68. The minimum atomic E-state index is 0.0643. The first-order chi connectivity index (χ1) is 11.7. The number of allylic oxidation sites excluding steroid dienone is 3. The molecule has 0 radical (unpaired) electrons. The van der Waals surface area contributed by atoms with Crippen LogP contribution >= 0.6 is 0 Å². The Morgan fingerprint density at radius 1 is 1.25 bits per heavy atom. The number of hydrogen-bond donors (Lipinski definition) is 1. The topological polar surface area (TPSA) is 38.3 Å². The van der Waals surface area contributed by atoms with E-state index in [0.29, 0.717) is 19.6 Å². The van der Waals surface area contributed by atoms with Crippen molar-refractivity contribution in [2.24, 2.45) is 0 Å². The number of rotatable bonds is 5. The fourth-order valence-corrected chi connectivity index (χ4v) is 2.02. The van der Waals surface area contributed by atoms with E-state index in [0.717, 1.165) is 22.4 Å². The fraction of sp³-hybridized carbons (Fsp3) is 0.381. The van der Waals surface area contributed by atoms with Crippen LogP contribution in [0, 0.1) is 0 Å². The lowest BCUT2D eigenvalue weighted by atomic mass is 10.0. The second-order valence-corrected chi connectivity index (χ2v) is 4.64. The molecule has 0 unspecified atom stereocenters.